The SMILES string of the molecule is CC1CCCC(OCc2cccnc2C#N)C1. The van der Waals surface area contributed by atoms with E-state index in [1.807, 2.05) is 12.1 Å². The first kappa shape index (κ1) is 12.1. The number of nitriles is 1. The van der Waals surface area contributed by atoms with Crippen molar-refractivity contribution in [3.8, 4) is 6.07 Å². The molecule has 0 saturated heterocycles. The van der Waals surface area contributed by atoms with E-state index in [1.165, 1.54) is 12.8 Å². The van der Waals surface area contributed by atoms with Crippen LogP contribution in [0.25, 0.3) is 0 Å². The average molecular weight is 230 g/mol. The molecule has 17 heavy (non-hydrogen) atoms. The lowest BCUT2D eigenvalue weighted by atomic mass is 9.89. The number of hydrogen-bond acceptors (Lipinski definition) is 3. The van der Waals surface area contributed by atoms with Crippen molar-refractivity contribution in [3.63, 3.8) is 0 Å². The second kappa shape index (κ2) is 5.79. The number of ether oxygens (including phenoxy) is 1. The summed E-state index contributed by atoms with van der Waals surface area (Å²) in [6.45, 7) is 2.79. The van der Waals surface area contributed by atoms with Gasteiger partial charge in [-0.3, -0.25) is 0 Å². The van der Waals surface area contributed by atoms with Crippen molar-refractivity contribution in [1.82, 2.24) is 4.98 Å². The highest BCUT2D eigenvalue weighted by molar-refractivity contribution is 5.29. The lowest BCUT2D eigenvalue weighted by molar-refractivity contribution is 0.00447. The van der Waals surface area contributed by atoms with Gasteiger partial charge in [-0.25, -0.2) is 4.98 Å². The number of hydrogen-bond donors (Lipinski definition) is 0. The maximum atomic E-state index is 8.93. The van der Waals surface area contributed by atoms with E-state index in [1.54, 1.807) is 6.20 Å². The van der Waals surface area contributed by atoms with Gasteiger partial charge < -0.3 is 4.74 Å². The Hall–Kier alpha value is -1.40. The van der Waals surface area contributed by atoms with Crippen LogP contribution in [0.1, 0.15) is 43.9 Å². The molecule has 2 unspecified atom stereocenters. The molecule has 3 heteroatoms. The molecule has 0 bridgehead atoms. The fraction of sp³-hybridized carbons (Fsp3) is 0.571. The number of aromatic nitrogens is 1. The van der Waals surface area contributed by atoms with E-state index < -0.39 is 0 Å². The minimum Gasteiger partial charge on any atom is -0.373 e. The molecular weight excluding hydrogens is 212 g/mol. The van der Waals surface area contributed by atoms with Crippen LogP contribution in [0.2, 0.25) is 0 Å². The maximum Gasteiger partial charge on any atom is 0.145 e. The van der Waals surface area contributed by atoms with Crippen molar-refractivity contribution >= 4 is 0 Å². The monoisotopic (exact) mass is 230 g/mol. The number of rotatable bonds is 3. The third-order valence-corrected chi connectivity index (χ3v) is 3.36. The van der Waals surface area contributed by atoms with Gasteiger partial charge in [-0.15, -0.1) is 0 Å². The summed E-state index contributed by atoms with van der Waals surface area (Å²) in [6.07, 6.45) is 6.85. The molecule has 1 heterocycles. The van der Waals surface area contributed by atoms with Gasteiger partial charge in [0.1, 0.15) is 11.8 Å². The smallest absolute Gasteiger partial charge is 0.145 e. The Labute approximate surface area is 102 Å². The van der Waals surface area contributed by atoms with E-state index in [0.717, 1.165) is 24.3 Å². The molecule has 3 nitrogen and oxygen atoms in total. The molecule has 1 saturated carbocycles. The van der Waals surface area contributed by atoms with Crippen molar-refractivity contribution in [1.29, 1.82) is 5.26 Å². The fourth-order valence-electron chi connectivity index (χ4n) is 2.39. The van der Waals surface area contributed by atoms with Crippen LogP contribution in [0.4, 0.5) is 0 Å². The second-order valence-electron chi connectivity index (χ2n) is 4.83. The molecule has 2 atom stereocenters. The predicted octanol–water partition coefficient (Wildman–Crippen LogP) is 3.05. The Morgan fingerprint density at radius 1 is 1.53 bits per heavy atom. The minimum atomic E-state index is 0.352. The molecule has 90 valence electrons. The molecule has 1 aliphatic carbocycles. The van der Waals surface area contributed by atoms with E-state index in [4.69, 9.17) is 10.00 Å². The zero-order valence-corrected chi connectivity index (χ0v) is 10.2. The van der Waals surface area contributed by atoms with Crippen LogP contribution in [0.3, 0.4) is 0 Å². The third kappa shape index (κ3) is 3.28. The highest BCUT2D eigenvalue weighted by Gasteiger charge is 2.19. The van der Waals surface area contributed by atoms with Gasteiger partial charge in [0.15, 0.2) is 0 Å². The van der Waals surface area contributed by atoms with Gasteiger partial charge in [0.2, 0.25) is 0 Å². The Morgan fingerprint density at radius 2 is 2.41 bits per heavy atom. The van der Waals surface area contributed by atoms with Crippen LogP contribution in [0.15, 0.2) is 18.3 Å². The molecular formula is C14H18N2O. The zero-order chi connectivity index (χ0) is 12.1. The van der Waals surface area contributed by atoms with E-state index in [-0.39, 0.29) is 0 Å². The summed E-state index contributed by atoms with van der Waals surface area (Å²) >= 11 is 0. The molecule has 0 aromatic carbocycles. The highest BCUT2D eigenvalue weighted by atomic mass is 16.5. The van der Waals surface area contributed by atoms with Gasteiger partial charge in [-0.05, 0) is 24.8 Å². The Balaban J connectivity index is 1.91. The van der Waals surface area contributed by atoms with Crippen LogP contribution in [0.5, 0.6) is 0 Å². The fourth-order valence-corrected chi connectivity index (χ4v) is 2.39. The van der Waals surface area contributed by atoms with Crippen molar-refractivity contribution in [2.24, 2.45) is 5.92 Å². The molecule has 0 N–H and O–H groups in total. The summed E-state index contributed by atoms with van der Waals surface area (Å²) in [5, 5.41) is 8.93. The van der Waals surface area contributed by atoms with E-state index in [2.05, 4.69) is 18.0 Å². The topological polar surface area (TPSA) is 45.9 Å². The van der Waals surface area contributed by atoms with Crippen LogP contribution in [-0.4, -0.2) is 11.1 Å². The first-order valence-electron chi connectivity index (χ1n) is 6.25. The maximum absolute atomic E-state index is 8.93. The number of pyridine rings is 1. The molecule has 0 radical (unpaired) electrons. The van der Waals surface area contributed by atoms with Crippen LogP contribution >= 0.6 is 0 Å². The van der Waals surface area contributed by atoms with Gasteiger partial charge in [0, 0.05) is 11.8 Å². The standard InChI is InChI=1S/C14H18N2O/c1-11-4-2-6-13(8-11)17-10-12-5-3-7-16-14(12)9-15/h3,5,7,11,13H,2,4,6,8,10H2,1H3. The highest BCUT2D eigenvalue weighted by Crippen LogP contribution is 2.26. The largest absolute Gasteiger partial charge is 0.373 e. The summed E-state index contributed by atoms with van der Waals surface area (Å²) in [7, 11) is 0. The molecule has 1 aromatic rings. The first-order valence-corrected chi connectivity index (χ1v) is 6.25. The Morgan fingerprint density at radius 3 is 3.18 bits per heavy atom. The van der Waals surface area contributed by atoms with Crippen molar-refractivity contribution in [2.75, 3.05) is 0 Å². The lowest BCUT2D eigenvalue weighted by Gasteiger charge is -2.26. The van der Waals surface area contributed by atoms with Gasteiger partial charge >= 0.3 is 0 Å². The second-order valence-corrected chi connectivity index (χ2v) is 4.83. The van der Waals surface area contributed by atoms with Crippen molar-refractivity contribution in [2.45, 2.75) is 45.3 Å². The molecule has 2 rings (SSSR count). The summed E-state index contributed by atoms with van der Waals surface area (Å²) in [5.74, 6) is 0.762. The summed E-state index contributed by atoms with van der Waals surface area (Å²) in [6, 6.07) is 5.87. The summed E-state index contributed by atoms with van der Waals surface area (Å²) in [4.78, 5) is 4.03. The lowest BCUT2D eigenvalue weighted by Crippen LogP contribution is -2.21. The predicted molar refractivity (Wildman–Crippen MR) is 65.2 cm³/mol. The van der Waals surface area contributed by atoms with Crippen molar-refractivity contribution < 1.29 is 4.74 Å². The van der Waals surface area contributed by atoms with Crippen molar-refractivity contribution in [3.05, 3.63) is 29.6 Å². The van der Waals surface area contributed by atoms with Crippen LogP contribution in [0, 0.1) is 17.2 Å². The third-order valence-electron chi connectivity index (χ3n) is 3.36. The van der Waals surface area contributed by atoms with Gasteiger partial charge in [0.05, 0.1) is 12.7 Å². The summed E-state index contributed by atoms with van der Waals surface area (Å²) < 4.78 is 5.89. The number of nitrogens with zero attached hydrogens (tertiary/aromatic N) is 2. The minimum absolute atomic E-state index is 0.352. The zero-order valence-electron chi connectivity index (χ0n) is 10.2. The van der Waals surface area contributed by atoms with Gasteiger partial charge in [-0.1, -0.05) is 25.8 Å². The molecule has 1 aromatic heterocycles. The Bertz CT molecular complexity index is 411. The quantitative estimate of drug-likeness (QED) is 0.801. The average Bonchev–Trinajstić information content (AvgIpc) is 2.37. The molecule has 0 amide bonds. The summed E-state index contributed by atoms with van der Waals surface area (Å²) in [5.41, 5.74) is 1.38. The first-order chi connectivity index (χ1) is 8.29. The van der Waals surface area contributed by atoms with Gasteiger partial charge in [0.25, 0.3) is 0 Å². The molecule has 1 fully saturated rings. The molecule has 1 aliphatic rings. The van der Waals surface area contributed by atoms with E-state index in [0.29, 0.717) is 18.4 Å². The molecule has 0 aliphatic heterocycles. The van der Waals surface area contributed by atoms with E-state index >= 15 is 0 Å². The normalized spacial score (nSPS) is 24.2. The van der Waals surface area contributed by atoms with E-state index in [9.17, 15) is 0 Å². The van der Waals surface area contributed by atoms with Crippen LogP contribution in [-0.2, 0) is 11.3 Å². The molecule has 0 spiro atoms. The van der Waals surface area contributed by atoms with Crippen LogP contribution < -0.4 is 0 Å². The Kier molecular flexibility index (Phi) is 4.11. The van der Waals surface area contributed by atoms with Gasteiger partial charge in [-0.2, -0.15) is 5.26 Å².